The van der Waals surface area contributed by atoms with Crippen LogP contribution in [0.5, 0.6) is 0 Å². The lowest BCUT2D eigenvalue weighted by molar-refractivity contribution is 0.226. The summed E-state index contributed by atoms with van der Waals surface area (Å²) in [7, 11) is 0. The lowest BCUT2D eigenvalue weighted by Gasteiger charge is -2.23. The first-order valence-electron chi connectivity index (χ1n) is 5.83. The highest BCUT2D eigenvalue weighted by molar-refractivity contribution is 9.10. The van der Waals surface area contributed by atoms with Crippen LogP contribution in [0.4, 0.5) is 0 Å². The van der Waals surface area contributed by atoms with Crippen LogP contribution in [0.3, 0.4) is 0 Å². The molecule has 1 aromatic rings. The van der Waals surface area contributed by atoms with Gasteiger partial charge in [-0.25, -0.2) is 0 Å². The maximum atomic E-state index is 9.19. The van der Waals surface area contributed by atoms with Gasteiger partial charge in [-0.3, -0.25) is 0 Å². The normalized spacial score (nSPS) is 14.8. The fourth-order valence-electron chi connectivity index (χ4n) is 1.73. The van der Waals surface area contributed by atoms with Crippen LogP contribution >= 0.6 is 15.9 Å². The molecule has 0 amide bonds. The van der Waals surface area contributed by atoms with Gasteiger partial charge in [0.2, 0.25) is 0 Å². The molecular weight excluding hydrogens is 266 g/mol. The number of halogens is 1. The molecule has 90 valence electrons. The van der Waals surface area contributed by atoms with Crippen LogP contribution in [0.2, 0.25) is 0 Å². The number of aliphatic hydroxyl groups is 1. The van der Waals surface area contributed by atoms with Gasteiger partial charge in [-0.05, 0) is 30.5 Å². The Kier molecular flexibility index (Phi) is 6.03. The van der Waals surface area contributed by atoms with Crippen molar-refractivity contribution in [1.82, 2.24) is 5.32 Å². The molecule has 0 spiro atoms. The molecule has 2 atom stereocenters. The molecule has 0 radical (unpaired) electrons. The molecule has 2 N–H and O–H groups in total. The van der Waals surface area contributed by atoms with Crippen LogP contribution in [0, 0.1) is 0 Å². The molecule has 3 heteroatoms. The van der Waals surface area contributed by atoms with E-state index in [9.17, 15) is 5.11 Å². The highest BCUT2D eigenvalue weighted by Crippen LogP contribution is 2.20. The molecule has 0 fully saturated rings. The molecular formula is C13H20BrNO. The first-order valence-corrected chi connectivity index (χ1v) is 6.62. The Morgan fingerprint density at radius 1 is 1.19 bits per heavy atom. The Balaban J connectivity index is 2.70. The largest absolute Gasteiger partial charge is 0.395 e. The number of nitrogens with one attached hydrogen (secondary N) is 1. The monoisotopic (exact) mass is 285 g/mol. The van der Waals surface area contributed by atoms with Gasteiger partial charge in [0.15, 0.2) is 0 Å². The van der Waals surface area contributed by atoms with Crippen molar-refractivity contribution in [3.8, 4) is 0 Å². The molecule has 0 aliphatic rings. The van der Waals surface area contributed by atoms with Gasteiger partial charge in [-0.15, -0.1) is 0 Å². The van der Waals surface area contributed by atoms with Crippen LogP contribution in [0.1, 0.15) is 38.3 Å². The Labute approximate surface area is 106 Å². The Bertz CT molecular complexity index is 295. The van der Waals surface area contributed by atoms with Gasteiger partial charge >= 0.3 is 0 Å². The van der Waals surface area contributed by atoms with E-state index in [2.05, 4.69) is 59.4 Å². The summed E-state index contributed by atoms with van der Waals surface area (Å²) in [5.74, 6) is 0. The molecule has 0 bridgehead atoms. The number of benzene rings is 1. The zero-order chi connectivity index (χ0) is 12.0. The van der Waals surface area contributed by atoms with Crippen molar-refractivity contribution in [2.45, 2.75) is 38.8 Å². The van der Waals surface area contributed by atoms with E-state index in [1.807, 2.05) is 0 Å². The summed E-state index contributed by atoms with van der Waals surface area (Å²) in [6, 6.07) is 8.86. The van der Waals surface area contributed by atoms with Crippen LogP contribution in [0.25, 0.3) is 0 Å². The lowest BCUT2D eigenvalue weighted by atomic mass is 10.0. The minimum absolute atomic E-state index is 0.189. The predicted molar refractivity (Wildman–Crippen MR) is 71.5 cm³/mol. The van der Waals surface area contributed by atoms with Crippen LogP contribution in [-0.2, 0) is 0 Å². The number of rotatable bonds is 6. The van der Waals surface area contributed by atoms with Gasteiger partial charge < -0.3 is 10.4 Å². The van der Waals surface area contributed by atoms with E-state index in [4.69, 9.17) is 0 Å². The van der Waals surface area contributed by atoms with Crippen molar-refractivity contribution >= 4 is 15.9 Å². The summed E-state index contributed by atoms with van der Waals surface area (Å²) in [5.41, 5.74) is 1.28. The fourth-order valence-corrected chi connectivity index (χ4v) is 1.99. The molecule has 0 saturated heterocycles. The first-order chi connectivity index (χ1) is 7.71. The Morgan fingerprint density at radius 3 is 2.25 bits per heavy atom. The molecule has 0 aromatic heterocycles. The number of hydrogen-bond acceptors (Lipinski definition) is 2. The van der Waals surface area contributed by atoms with Gasteiger partial charge in [-0.2, -0.15) is 0 Å². The second-order valence-corrected chi connectivity index (χ2v) is 4.88. The zero-order valence-electron chi connectivity index (χ0n) is 9.91. The molecule has 16 heavy (non-hydrogen) atoms. The van der Waals surface area contributed by atoms with Gasteiger partial charge in [-0.1, -0.05) is 41.9 Å². The second-order valence-electron chi connectivity index (χ2n) is 3.97. The van der Waals surface area contributed by atoms with Gasteiger partial charge in [0.25, 0.3) is 0 Å². The zero-order valence-corrected chi connectivity index (χ0v) is 11.5. The minimum atomic E-state index is 0.189. The third kappa shape index (κ3) is 3.89. The summed E-state index contributed by atoms with van der Waals surface area (Å²) < 4.78 is 1.10. The molecule has 0 aliphatic heterocycles. The summed E-state index contributed by atoms with van der Waals surface area (Å²) >= 11 is 3.43. The summed E-state index contributed by atoms with van der Waals surface area (Å²) in [6.07, 6.45) is 1.97. The van der Waals surface area contributed by atoms with E-state index < -0.39 is 0 Å². The van der Waals surface area contributed by atoms with E-state index in [0.29, 0.717) is 6.04 Å². The van der Waals surface area contributed by atoms with Crippen molar-refractivity contribution in [3.05, 3.63) is 34.3 Å². The molecule has 0 heterocycles. The Morgan fingerprint density at radius 2 is 1.81 bits per heavy atom. The summed E-state index contributed by atoms with van der Waals surface area (Å²) in [5, 5.41) is 12.7. The maximum absolute atomic E-state index is 9.19. The van der Waals surface area contributed by atoms with Gasteiger partial charge in [0.1, 0.15) is 0 Å². The van der Waals surface area contributed by atoms with E-state index in [1.165, 1.54) is 5.56 Å². The smallest absolute Gasteiger partial charge is 0.0584 e. The van der Waals surface area contributed by atoms with E-state index in [-0.39, 0.29) is 12.6 Å². The predicted octanol–water partition coefficient (Wildman–Crippen LogP) is 3.26. The average Bonchev–Trinajstić information content (AvgIpc) is 2.32. The summed E-state index contributed by atoms with van der Waals surface area (Å²) in [4.78, 5) is 0. The topological polar surface area (TPSA) is 32.3 Å². The van der Waals surface area contributed by atoms with Crippen molar-refractivity contribution in [2.24, 2.45) is 0 Å². The molecule has 1 aromatic carbocycles. The van der Waals surface area contributed by atoms with Crippen LogP contribution in [-0.4, -0.2) is 17.8 Å². The third-order valence-corrected chi connectivity index (χ3v) is 3.36. The van der Waals surface area contributed by atoms with Crippen LogP contribution in [0.15, 0.2) is 28.7 Å². The van der Waals surface area contributed by atoms with Crippen molar-refractivity contribution < 1.29 is 5.11 Å². The highest BCUT2D eigenvalue weighted by Gasteiger charge is 2.13. The molecule has 0 saturated carbocycles. The van der Waals surface area contributed by atoms with E-state index in [1.54, 1.807) is 0 Å². The molecule has 1 rings (SSSR count). The van der Waals surface area contributed by atoms with E-state index >= 15 is 0 Å². The standard InChI is InChI=1S/C13H20BrNO/c1-3-12(9-16)15-13(4-2)10-5-7-11(14)8-6-10/h5-8,12-13,15-16H,3-4,9H2,1-2H3/t12-,13?/m1/s1. The SMILES string of the molecule is CCC(N[C@H](CC)CO)c1ccc(Br)cc1. The second kappa shape index (κ2) is 7.05. The molecule has 2 nitrogen and oxygen atoms in total. The first kappa shape index (κ1) is 13.7. The summed E-state index contributed by atoms with van der Waals surface area (Å²) in [6.45, 7) is 4.44. The van der Waals surface area contributed by atoms with Crippen molar-refractivity contribution in [1.29, 1.82) is 0 Å². The number of aliphatic hydroxyl groups excluding tert-OH is 1. The maximum Gasteiger partial charge on any atom is 0.0584 e. The quantitative estimate of drug-likeness (QED) is 0.841. The lowest BCUT2D eigenvalue weighted by Crippen LogP contribution is -2.34. The molecule has 0 aliphatic carbocycles. The minimum Gasteiger partial charge on any atom is -0.395 e. The average molecular weight is 286 g/mol. The fraction of sp³-hybridized carbons (Fsp3) is 0.538. The van der Waals surface area contributed by atoms with Crippen molar-refractivity contribution in [2.75, 3.05) is 6.61 Å². The third-order valence-electron chi connectivity index (χ3n) is 2.83. The van der Waals surface area contributed by atoms with Crippen LogP contribution < -0.4 is 5.32 Å². The molecule has 1 unspecified atom stereocenters. The number of hydrogen-bond donors (Lipinski definition) is 2. The highest BCUT2D eigenvalue weighted by atomic mass is 79.9. The Hall–Kier alpha value is -0.380. The van der Waals surface area contributed by atoms with Gasteiger partial charge in [0.05, 0.1) is 6.61 Å². The van der Waals surface area contributed by atoms with Crippen molar-refractivity contribution in [3.63, 3.8) is 0 Å². The van der Waals surface area contributed by atoms with Gasteiger partial charge in [0, 0.05) is 16.6 Å². The van der Waals surface area contributed by atoms with E-state index in [0.717, 1.165) is 17.3 Å².